The first-order valence-corrected chi connectivity index (χ1v) is 8.40. The summed E-state index contributed by atoms with van der Waals surface area (Å²) in [4.78, 5) is 25.1. The number of hydrogen-bond donors (Lipinski definition) is 2. The van der Waals surface area contributed by atoms with E-state index in [1.54, 1.807) is 30.3 Å². The van der Waals surface area contributed by atoms with Crippen molar-refractivity contribution in [2.24, 2.45) is 0 Å². The smallest absolute Gasteiger partial charge is 0.465 e. The second-order valence-electron chi connectivity index (χ2n) is 5.88. The lowest BCUT2D eigenvalue weighted by Gasteiger charge is -2.09. The van der Waals surface area contributed by atoms with Gasteiger partial charge in [0.15, 0.2) is 5.69 Å². The monoisotopic (exact) mass is 398 g/mol. The van der Waals surface area contributed by atoms with Gasteiger partial charge in [-0.25, -0.2) is 18.7 Å². The summed E-state index contributed by atoms with van der Waals surface area (Å²) < 4.78 is 25.4. The van der Waals surface area contributed by atoms with Crippen LogP contribution in [0.25, 0.3) is 16.9 Å². The molecule has 2 aromatic carbocycles. The van der Waals surface area contributed by atoms with Crippen LogP contribution in [0.3, 0.4) is 0 Å². The fourth-order valence-corrected chi connectivity index (χ4v) is 2.94. The number of carbonyl (C=O) groups excluding carboxylic acids is 2. The van der Waals surface area contributed by atoms with Gasteiger partial charge in [-0.05, 0) is 23.7 Å². The summed E-state index contributed by atoms with van der Waals surface area (Å²) in [5, 5.41) is 23.6. The number of aromatic nitrogens is 2. The molecule has 0 amide bonds. The number of halogens is 1. The number of para-hydroxylation sites is 1. The van der Waals surface area contributed by atoms with Crippen molar-refractivity contribution >= 4 is 24.5 Å². The largest absolute Gasteiger partial charge is 0.489 e. The van der Waals surface area contributed by atoms with Gasteiger partial charge in [-0.2, -0.15) is 5.10 Å². The Bertz CT molecular complexity index is 1070. The van der Waals surface area contributed by atoms with E-state index in [9.17, 15) is 24.0 Å². The molecule has 8 nitrogen and oxygen atoms in total. The highest BCUT2D eigenvalue weighted by Crippen LogP contribution is 2.30. The second-order valence-corrected chi connectivity index (χ2v) is 5.88. The molecule has 0 saturated carbocycles. The van der Waals surface area contributed by atoms with Gasteiger partial charge in [-0.3, -0.25) is 0 Å². The first-order chi connectivity index (χ1) is 13.9. The normalized spacial score (nSPS) is 10.5. The Labute approximate surface area is 165 Å². The fraction of sp³-hybridized carbons (Fsp3) is 0.105. The van der Waals surface area contributed by atoms with Crippen LogP contribution in [-0.2, 0) is 9.47 Å². The summed E-state index contributed by atoms with van der Waals surface area (Å²) in [6.07, 6.45) is 0. The topological polar surface area (TPSA) is 111 Å². The number of esters is 2. The summed E-state index contributed by atoms with van der Waals surface area (Å²) >= 11 is 0. The number of rotatable bonds is 5. The van der Waals surface area contributed by atoms with E-state index in [4.69, 9.17) is 9.47 Å². The Morgan fingerprint density at radius 2 is 1.66 bits per heavy atom. The summed E-state index contributed by atoms with van der Waals surface area (Å²) in [6.45, 7) is 0. The summed E-state index contributed by atoms with van der Waals surface area (Å²) in [7, 11) is 0.169. The summed E-state index contributed by atoms with van der Waals surface area (Å²) in [5.41, 5.74) is -1.13. The molecule has 0 unspecified atom stereocenters. The third kappa shape index (κ3) is 3.63. The molecule has 148 valence electrons. The maximum Gasteiger partial charge on any atom is 0.489 e. The van der Waals surface area contributed by atoms with Gasteiger partial charge < -0.3 is 19.5 Å². The van der Waals surface area contributed by atoms with Crippen LogP contribution in [0.15, 0.2) is 48.5 Å². The summed E-state index contributed by atoms with van der Waals surface area (Å²) in [5.74, 6) is -2.74. The molecule has 10 heteroatoms. The predicted octanol–water partition coefficient (Wildman–Crippen LogP) is 0.931. The predicted molar refractivity (Wildman–Crippen MR) is 101 cm³/mol. The number of hydrogen-bond acceptors (Lipinski definition) is 7. The zero-order chi connectivity index (χ0) is 21.1. The Morgan fingerprint density at radius 3 is 2.24 bits per heavy atom. The lowest BCUT2D eigenvalue weighted by molar-refractivity contribution is 0.0549. The Morgan fingerprint density at radius 1 is 1.00 bits per heavy atom. The van der Waals surface area contributed by atoms with Crippen molar-refractivity contribution in [3.63, 3.8) is 0 Å². The van der Waals surface area contributed by atoms with Crippen molar-refractivity contribution in [3.05, 3.63) is 65.6 Å². The third-order valence-electron chi connectivity index (χ3n) is 4.22. The van der Waals surface area contributed by atoms with Crippen molar-refractivity contribution in [3.8, 4) is 16.9 Å². The number of nitrogens with zero attached hydrogens (tertiary/aromatic N) is 2. The van der Waals surface area contributed by atoms with Crippen molar-refractivity contribution in [2.75, 3.05) is 14.2 Å². The minimum Gasteiger partial charge on any atom is -0.465 e. The molecule has 0 spiro atoms. The molecule has 2 N–H and O–H groups in total. The van der Waals surface area contributed by atoms with Crippen molar-refractivity contribution in [1.29, 1.82) is 0 Å². The Balaban J connectivity index is 2.45. The quantitative estimate of drug-likeness (QED) is 0.486. The maximum absolute atomic E-state index is 14.7. The van der Waals surface area contributed by atoms with Crippen LogP contribution in [0.1, 0.15) is 20.8 Å². The SMILES string of the molecule is COC(=O)c1c(-c2c(F)cccc2B(O)O)nn(-c2ccccc2)c1C(=O)OC. The Kier molecular flexibility index (Phi) is 5.76. The van der Waals surface area contributed by atoms with E-state index < -0.39 is 24.9 Å². The van der Waals surface area contributed by atoms with E-state index in [1.165, 1.54) is 12.1 Å². The highest BCUT2D eigenvalue weighted by Gasteiger charge is 2.34. The van der Waals surface area contributed by atoms with E-state index in [0.29, 0.717) is 5.69 Å². The van der Waals surface area contributed by atoms with Crippen molar-refractivity contribution in [2.45, 2.75) is 0 Å². The molecule has 3 rings (SSSR count). The minimum atomic E-state index is -2.05. The molecule has 0 fully saturated rings. The van der Waals surface area contributed by atoms with Crippen molar-refractivity contribution < 1.29 is 33.5 Å². The molecule has 0 aliphatic heterocycles. The molecular formula is C19H16BFN2O6. The molecule has 1 aromatic heterocycles. The second kappa shape index (κ2) is 8.25. The first-order valence-electron chi connectivity index (χ1n) is 8.40. The van der Waals surface area contributed by atoms with Gasteiger partial charge in [0.25, 0.3) is 0 Å². The number of benzene rings is 2. The van der Waals surface area contributed by atoms with Crippen LogP contribution in [0.2, 0.25) is 0 Å². The van der Waals surface area contributed by atoms with E-state index in [-0.39, 0.29) is 28.0 Å². The lowest BCUT2D eigenvalue weighted by atomic mass is 9.75. The van der Waals surface area contributed by atoms with Gasteiger partial charge >= 0.3 is 19.1 Å². The molecule has 29 heavy (non-hydrogen) atoms. The van der Waals surface area contributed by atoms with Gasteiger partial charge in [0.2, 0.25) is 0 Å². The average Bonchev–Trinajstić information content (AvgIpc) is 3.13. The highest BCUT2D eigenvalue weighted by molar-refractivity contribution is 6.60. The van der Waals surface area contributed by atoms with E-state index in [1.807, 2.05) is 0 Å². The molecule has 0 bridgehead atoms. The molecule has 0 aliphatic rings. The van der Waals surface area contributed by atoms with Gasteiger partial charge in [0.05, 0.1) is 19.9 Å². The molecule has 1 heterocycles. The van der Waals surface area contributed by atoms with Gasteiger partial charge in [-0.15, -0.1) is 0 Å². The van der Waals surface area contributed by atoms with Gasteiger partial charge in [-0.1, -0.05) is 30.3 Å². The van der Waals surface area contributed by atoms with E-state index in [2.05, 4.69) is 5.10 Å². The lowest BCUT2D eigenvalue weighted by Crippen LogP contribution is -2.32. The summed E-state index contributed by atoms with van der Waals surface area (Å²) in [6, 6.07) is 12.0. The van der Waals surface area contributed by atoms with E-state index in [0.717, 1.165) is 25.0 Å². The van der Waals surface area contributed by atoms with Crippen LogP contribution < -0.4 is 5.46 Å². The number of ether oxygens (including phenoxy) is 2. The molecule has 3 aromatic rings. The molecule has 0 atom stereocenters. The number of methoxy groups -OCH3 is 2. The molecule has 0 aliphatic carbocycles. The average molecular weight is 398 g/mol. The van der Waals surface area contributed by atoms with Gasteiger partial charge in [0.1, 0.15) is 17.1 Å². The molecule has 0 saturated heterocycles. The van der Waals surface area contributed by atoms with Crippen LogP contribution in [0.5, 0.6) is 0 Å². The standard InChI is InChI=1S/C19H16BFN2O6/c1-28-18(24)15-16(14-12(20(26)27)9-6-10-13(14)21)22-23(17(15)19(25)29-2)11-7-4-3-5-8-11/h3-10,26-27H,1-2H3. The zero-order valence-electron chi connectivity index (χ0n) is 15.5. The molecule has 0 radical (unpaired) electrons. The highest BCUT2D eigenvalue weighted by atomic mass is 19.1. The minimum absolute atomic E-state index is 0.232. The van der Waals surface area contributed by atoms with Crippen LogP contribution in [0, 0.1) is 5.82 Å². The number of carbonyl (C=O) groups is 2. The van der Waals surface area contributed by atoms with Crippen LogP contribution in [0.4, 0.5) is 4.39 Å². The zero-order valence-corrected chi connectivity index (χ0v) is 15.5. The van der Waals surface area contributed by atoms with Crippen molar-refractivity contribution in [1.82, 2.24) is 9.78 Å². The van der Waals surface area contributed by atoms with Crippen LogP contribution >= 0.6 is 0 Å². The molecular weight excluding hydrogens is 382 g/mol. The Hall–Kier alpha value is -3.50. The van der Waals surface area contributed by atoms with Crippen LogP contribution in [-0.4, -0.2) is 53.1 Å². The van der Waals surface area contributed by atoms with E-state index >= 15 is 0 Å². The first kappa shape index (κ1) is 20.2. The van der Waals surface area contributed by atoms with Gasteiger partial charge in [0, 0.05) is 5.56 Å². The fourth-order valence-electron chi connectivity index (χ4n) is 2.94. The third-order valence-corrected chi connectivity index (χ3v) is 4.22. The maximum atomic E-state index is 14.7.